The fourth-order valence-electron chi connectivity index (χ4n) is 1.65. The van der Waals surface area contributed by atoms with Gasteiger partial charge in [-0.3, -0.25) is 4.79 Å². The van der Waals surface area contributed by atoms with Gasteiger partial charge in [0.2, 0.25) is 0 Å². The molecule has 0 radical (unpaired) electrons. The lowest BCUT2D eigenvalue weighted by molar-refractivity contribution is -0.124. The van der Waals surface area contributed by atoms with E-state index < -0.39 is 11.9 Å². The van der Waals surface area contributed by atoms with Crippen LogP contribution in [0.15, 0.2) is 45.5 Å². The Morgan fingerprint density at radius 1 is 1.32 bits per heavy atom. The van der Waals surface area contributed by atoms with Crippen molar-refractivity contribution in [2.24, 2.45) is 0 Å². The molecule has 0 bridgehead atoms. The van der Waals surface area contributed by atoms with Crippen molar-refractivity contribution < 1.29 is 23.5 Å². The van der Waals surface area contributed by atoms with Crippen molar-refractivity contribution in [3.8, 4) is 5.75 Å². The third-order valence-electron chi connectivity index (χ3n) is 2.77. The minimum atomic E-state index is -0.612. The van der Waals surface area contributed by atoms with E-state index in [0.29, 0.717) is 16.0 Å². The van der Waals surface area contributed by atoms with E-state index in [9.17, 15) is 9.59 Å². The summed E-state index contributed by atoms with van der Waals surface area (Å²) >= 11 is 3.25. The molecule has 0 spiro atoms. The summed E-state index contributed by atoms with van der Waals surface area (Å²) in [5, 5.41) is 2.58. The Balaban J connectivity index is 1.85. The molecule has 1 amide bonds. The molecule has 0 atom stereocenters. The van der Waals surface area contributed by atoms with Crippen LogP contribution in [0, 0.1) is 0 Å². The molecule has 0 aliphatic heterocycles. The number of carbonyl (C=O) groups is 2. The van der Waals surface area contributed by atoms with E-state index in [2.05, 4.69) is 21.2 Å². The maximum absolute atomic E-state index is 12.0. The predicted octanol–water partition coefficient (Wildman–Crippen LogP) is 2.52. The topological polar surface area (TPSA) is 77.8 Å². The highest BCUT2D eigenvalue weighted by Crippen LogP contribution is 2.23. The summed E-state index contributed by atoms with van der Waals surface area (Å²) in [4.78, 5) is 23.6. The number of hydrogen-bond donors (Lipinski definition) is 1. The first-order chi connectivity index (χ1) is 10.6. The minimum Gasteiger partial charge on any atom is -0.497 e. The number of rotatable bonds is 6. The number of hydrogen-bond acceptors (Lipinski definition) is 5. The quantitative estimate of drug-likeness (QED) is 0.793. The summed E-state index contributed by atoms with van der Waals surface area (Å²) in [6.07, 6.45) is 1.52. The largest absolute Gasteiger partial charge is 0.497 e. The van der Waals surface area contributed by atoms with Crippen LogP contribution in [0.2, 0.25) is 0 Å². The Kier molecular flexibility index (Phi) is 5.60. The highest BCUT2D eigenvalue weighted by molar-refractivity contribution is 9.10. The van der Waals surface area contributed by atoms with Crippen LogP contribution in [0.1, 0.15) is 16.1 Å². The van der Waals surface area contributed by atoms with Crippen molar-refractivity contribution in [3.63, 3.8) is 0 Å². The average molecular weight is 368 g/mol. The first-order valence-corrected chi connectivity index (χ1v) is 7.19. The van der Waals surface area contributed by atoms with E-state index in [4.69, 9.17) is 13.9 Å². The Hall–Kier alpha value is -2.28. The number of ether oxygens (including phenoxy) is 2. The van der Waals surface area contributed by atoms with E-state index in [-0.39, 0.29) is 18.7 Å². The zero-order chi connectivity index (χ0) is 15.9. The number of nitrogens with one attached hydrogen (secondary N) is 1. The molecular formula is C15H14BrNO5. The average Bonchev–Trinajstić information content (AvgIpc) is 3.04. The van der Waals surface area contributed by atoms with Crippen LogP contribution in [0.4, 0.5) is 0 Å². The minimum absolute atomic E-state index is 0.242. The normalized spacial score (nSPS) is 10.1. The lowest BCUT2D eigenvalue weighted by atomic mass is 10.2. The second-order valence-corrected chi connectivity index (χ2v) is 5.13. The molecule has 0 saturated carbocycles. The Morgan fingerprint density at radius 3 is 2.82 bits per heavy atom. The second kappa shape index (κ2) is 7.65. The summed E-state index contributed by atoms with van der Waals surface area (Å²) in [6.45, 7) is -0.130. The van der Waals surface area contributed by atoms with E-state index in [1.807, 2.05) is 0 Å². The number of benzene rings is 1. The van der Waals surface area contributed by atoms with Gasteiger partial charge in [0.25, 0.3) is 5.91 Å². The molecule has 0 aliphatic carbocycles. The molecule has 1 aromatic carbocycles. The zero-order valence-electron chi connectivity index (χ0n) is 11.8. The first-order valence-electron chi connectivity index (χ1n) is 6.40. The zero-order valence-corrected chi connectivity index (χ0v) is 13.4. The summed E-state index contributed by atoms with van der Waals surface area (Å²) in [6, 6.07) is 8.37. The van der Waals surface area contributed by atoms with Crippen LogP contribution in [-0.4, -0.2) is 25.6 Å². The molecule has 0 unspecified atom stereocenters. The van der Waals surface area contributed by atoms with Gasteiger partial charge < -0.3 is 19.2 Å². The first kappa shape index (κ1) is 16.1. The third kappa shape index (κ3) is 4.36. The van der Waals surface area contributed by atoms with Gasteiger partial charge in [-0.15, -0.1) is 0 Å². The van der Waals surface area contributed by atoms with Gasteiger partial charge in [-0.1, -0.05) is 0 Å². The predicted molar refractivity (Wildman–Crippen MR) is 81.5 cm³/mol. The molecule has 2 aromatic rings. The third-order valence-corrected chi connectivity index (χ3v) is 3.46. The van der Waals surface area contributed by atoms with Crippen LogP contribution in [-0.2, 0) is 16.1 Å². The van der Waals surface area contributed by atoms with Crippen LogP contribution >= 0.6 is 15.9 Å². The van der Waals surface area contributed by atoms with Gasteiger partial charge in [-0.05, 0) is 46.3 Å². The Morgan fingerprint density at radius 2 is 2.14 bits per heavy atom. The molecule has 0 fully saturated rings. The van der Waals surface area contributed by atoms with Crippen molar-refractivity contribution in [3.05, 3.63) is 52.4 Å². The van der Waals surface area contributed by atoms with Crippen molar-refractivity contribution in [2.45, 2.75) is 6.54 Å². The van der Waals surface area contributed by atoms with Crippen molar-refractivity contribution in [1.82, 2.24) is 5.32 Å². The number of carbonyl (C=O) groups excluding carboxylic acids is 2. The number of halogens is 1. The van der Waals surface area contributed by atoms with Gasteiger partial charge in [0.05, 0.1) is 25.5 Å². The van der Waals surface area contributed by atoms with E-state index in [0.717, 1.165) is 0 Å². The van der Waals surface area contributed by atoms with Gasteiger partial charge in [0.1, 0.15) is 11.5 Å². The molecule has 1 N–H and O–H groups in total. The van der Waals surface area contributed by atoms with Crippen molar-refractivity contribution in [1.29, 1.82) is 0 Å². The highest BCUT2D eigenvalue weighted by atomic mass is 79.9. The molecule has 1 heterocycles. The molecule has 1 aromatic heterocycles. The van der Waals surface area contributed by atoms with E-state index >= 15 is 0 Å². The SMILES string of the molecule is COc1ccc(Br)c(C(=O)OCC(=O)NCc2ccco2)c1. The van der Waals surface area contributed by atoms with Gasteiger partial charge >= 0.3 is 5.97 Å². The molecular weight excluding hydrogens is 354 g/mol. The summed E-state index contributed by atoms with van der Waals surface area (Å²) in [5.74, 6) is 0.121. The van der Waals surface area contributed by atoms with Gasteiger partial charge in [0.15, 0.2) is 6.61 Å². The molecule has 116 valence electrons. The van der Waals surface area contributed by atoms with Gasteiger partial charge in [-0.25, -0.2) is 4.79 Å². The van der Waals surface area contributed by atoms with Crippen LogP contribution in [0.25, 0.3) is 0 Å². The molecule has 0 saturated heterocycles. The Labute approximate surface area is 135 Å². The number of esters is 1. The van der Waals surface area contributed by atoms with E-state index in [1.165, 1.54) is 19.4 Å². The molecule has 0 aliphatic rings. The summed E-state index contributed by atoms with van der Waals surface area (Å²) in [5.41, 5.74) is 0.290. The number of amides is 1. The maximum atomic E-state index is 12.0. The molecule has 7 heteroatoms. The summed E-state index contributed by atoms with van der Waals surface area (Å²) < 4.78 is 15.7. The molecule has 22 heavy (non-hydrogen) atoms. The van der Waals surface area contributed by atoms with Gasteiger partial charge in [-0.2, -0.15) is 0 Å². The second-order valence-electron chi connectivity index (χ2n) is 4.28. The van der Waals surface area contributed by atoms with Crippen LogP contribution in [0.3, 0.4) is 0 Å². The standard InChI is InChI=1S/C15H14BrNO5/c1-20-10-4-5-13(16)12(7-10)15(19)22-9-14(18)17-8-11-3-2-6-21-11/h2-7H,8-9H2,1H3,(H,17,18). The Bertz CT molecular complexity index is 654. The number of methoxy groups -OCH3 is 1. The highest BCUT2D eigenvalue weighted by Gasteiger charge is 2.14. The monoisotopic (exact) mass is 367 g/mol. The fourth-order valence-corrected chi connectivity index (χ4v) is 2.06. The lowest BCUT2D eigenvalue weighted by Crippen LogP contribution is -2.28. The molecule has 2 rings (SSSR count). The fraction of sp³-hybridized carbons (Fsp3) is 0.200. The lowest BCUT2D eigenvalue weighted by Gasteiger charge is -2.08. The van der Waals surface area contributed by atoms with Crippen LogP contribution in [0.5, 0.6) is 5.75 Å². The smallest absolute Gasteiger partial charge is 0.339 e. The van der Waals surface area contributed by atoms with E-state index in [1.54, 1.807) is 24.3 Å². The van der Waals surface area contributed by atoms with Crippen molar-refractivity contribution >= 4 is 27.8 Å². The number of furan rings is 1. The van der Waals surface area contributed by atoms with Crippen LogP contribution < -0.4 is 10.1 Å². The van der Waals surface area contributed by atoms with Crippen molar-refractivity contribution in [2.75, 3.05) is 13.7 Å². The van der Waals surface area contributed by atoms with Gasteiger partial charge in [0, 0.05) is 4.47 Å². The molecule has 6 nitrogen and oxygen atoms in total. The maximum Gasteiger partial charge on any atom is 0.339 e. The summed E-state index contributed by atoms with van der Waals surface area (Å²) in [7, 11) is 1.50.